The van der Waals surface area contributed by atoms with Gasteiger partial charge in [0.2, 0.25) is 0 Å². The van der Waals surface area contributed by atoms with E-state index in [1.807, 2.05) is 18.2 Å². The maximum absolute atomic E-state index is 13.6. The van der Waals surface area contributed by atoms with Crippen molar-refractivity contribution in [2.45, 2.75) is 25.3 Å². The van der Waals surface area contributed by atoms with Gasteiger partial charge in [0.05, 0.1) is 5.69 Å². The SMILES string of the molecule is Fc1cc(F)c(F)c(NCc2ccccc2C2CC2)c1. The molecule has 0 radical (unpaired) electrons. The van der Waals surface area contributed by atoms with Crippen LogP contribution in [0.25, 0.3) is 0 Å². The van der Waals surface area contributed by atoms with Crippen LogP contribution < -0.4 is 5.32 Å². The summed E-state index contributed by atoms with van der Waals surface area (Å²) in [4.78, 5) is 0. The molecule has 1 fully saturated rings. The quantitative estimate of drug-likeness (QED) is 0.806. The van der Waals surface area contributed by atoms with E-state index in [1.54, 1.807) is 0 Å². The first kappa shape index (κ1) is 13.0. The highest BCUT2D eigenvalue weighted by atomic mass is 19.2. The van der Waals surface area contributed by atoms with E-state index >= 15 is 0 Å². The largest absolute Gasteiger partial charge is 0.378 e. The van der Waals surface area contributed by atoms with Crippen LogP contribution in [0.2, 0.25) is 0 Å². The van der Waals surface area contributed by atoms with Crippen LogP contribution in [0.4, 0.5) is 18.9 Å². The molecule has 2 aromatic carbocycles. The molecule has 0 aromatic heterocycles. The fourth-order valence-corrected chi connectivity index (χ4v) is 2.36. The highest BCUT2D eigenvalue weighted by Crippen LogP contribution is 2.41. The van der Waals surface area contributed by atoms with Crippen LogP contribution in [0.15, 0.2) is 36.4 Å². The average molecular weight is 277 g/mol. The summed E-state index contributed by atoms with van der Waals surface area (Å²) in [6, 6.07) is 9.40. The van der Waals surface area contributed by atoms with Crippen molar-refractivity contribution in [1.82, 2.24) is 0 Å². The average Bonchev–Trinajstić information content (AvgIpc) is 3.26. The van der Waals surface area contributed by atoms with E-state index < -0.39 is 17.5 Å². The molecule has 1 aliphatic rings. The summed E-state index contributed by atoms with van der Waals surface area (Å²) in [6.45, 7) is 0.354. The third-order valence-corrected chi connectivity index (χ3v) is 3.53. The van der Waals surface area contributed by atoms with Gasteiger partial charge in [-0.25, -0.2) is 13.2 Å². The molecule has 0 spiro atoms. The van der Waals surface area contributed by atoms with Gasteiger partial charge in [0.1, 0.15) is 5.82 Å². The first-order valence-electron chi connectivity index (χ1n) is 6.61. The molecule has 2 aromatic rings. The molecule has 1 saturated carbocycles. The number of anilines is 1. The smallest absolute Gasteiger partial charge is 0.182 e. The van der Waals surface area contributed by atoms with Crippen molar-refractivity contribution < 1.29 is 13.2 Å². The molecule has 0 atom stereocenters. The number of benzene rings is 2. The van der Waals surface area contributed by atoms with Crippen molar-refractivity contribution in [3.63, 3.8) is 0 Å². The Labute approximate surface area is 115 Å². The molecule has 20 heavy (non-hydrogen) atoms. The minimum absolute atomic E-state index is 0.145. The lowest BCUT2D eigenvalue weighted by Crippen LogP contribution is -2.05. The molecule has 104 valence electrons. The molecule has 0 bridgehead atoms. The standard InChI is InChI=1S/C16H14F3N/c17-12-7-14(18)16(19)15(8-12)20-9-11-3-1-2-4-13(11)10-5-6-10/h1-4,7-8,10,20H,5-6,9H2. The number of rotatable bonds is 4. The molecule has 0 heterocycles. The summed E-state index contributed by atoms with van der Waals surface area (Å²) >= 11 is 0. The second-order valence-electron chi connectivity index (χ2n) is 5.08. The number of halogens is 3. The number of hydrogen-bond acceptors (Lipinski definition) is 1. The molecule has 0 aliphatic heterocycles. The third kappa shape index (κ3) is 2.64. The molecule has 1 N–H and O–H groups in total. The maximum atomic E-state index is 13.6. The van der Waals surface area contributed by atoms with Crippen molar-refractivity contribution in [2.75, 3.05) is 5.32 Å². The second-order valence-corrected chi connectivity index (χ2v) is 5.08. The van der Waals surface area contributed by atoms with Gasteiger partial charge < -0.3 is 5.32 Å². The van der Waals surface area contributed by atoms with E-state index in [0.29, 0.717) is 18.5 Å². The van der Waals surface area contributed by atoms with Gasteiger partial charge in [-0.15, -0.1) is 0 Å². The van der Waals surface area contributed by atoms with Gasteiger partial charge in [0.25, 0.3) is 0 Å². The lowest BCUT2D eigenvalue weighted by Gasteiger charge is -2.12. The molecular weight excluding hydrogens is 263 g/mol. The molecule has 0 saturated heterocycles. The Bertz CT molecular complexity index is 636. The van der Waals surface area contributed by atoms with Crippen LogP contribution in [0.5, 0.6) is 0 Å². The van der Waals surface area contributed by atoms with Crippen molar-refractivity contribution in [3.05, 3.63) is 65.0 Å². The summed E-state index contributed by atoms with van der Waals surface area (Å²) < 4.78 is 39.8. The molecule has 3 rings (SSSR count). The highest BCUT2D eigenvalue weighted by molar-refractivity contribution is 5.47. The van der Waals surface area contributed by atoms with Crippen LogP contribution in [0, 0.1) is 17.5 Å². The zero-order valence-corrected chi connectivity index (χ0v) is 10.8. The van der Waals surface area contributed by atoms with Crippen molar-refractivity contribution in [1.29, 1.82) is 0 Å². The van der Waals surface area contributed by atoms with E-state index in [4.69, 9.17) is 0 Å². The topological polar surface area (TPSA) is 12.0 Å². The Balaban J connectivity index is 1.80. The molecule has 0 amide bonds. The molecule has 1 nitrogen and oxygen atoms in total. The lowest BCUT2D eigenvalue weighted by atomic mass is 10.0. The first-order valence-corrected chi connectivity index (χ1v) is 6.61. The number of hydrogen-bond donors (Lipinski definition) is 1. The summed E-state index contributed by atoms with van der Waals surface area (Å²) in [7, 11) is 0. The summed E-state index contributed by atoms with van der Waals surface area (Å²) in [5.41, 5.74) is 2.13. The monoisotopic (exact) mass is 277 g/mol. The Morgan fingerprint density at radius 3 is 2.55 bits per heavy atom. The van der Waals surface area contributed by atoms with Crippen LogP contribution >= 0.6 is 0 Å². The Hall–Kier alpha value is -1.97. The minimum atomic E-state index is -1.18. The van der Waals surface area contributed by atoms with Gasteiger partial charge >= 0.3 is 0 Å². The molecular formula is C16H14F3N. The lowest BCUT2D eigenvalue weighted by molar-refractivity contribution is 0.497. The Morgan fingerprint density at radius 2 is 1.80 bits per heavy atom. The van der Waals surface area contributed by atoms with Gasteiger partial charge in [-0.2, -0.15) is 0 Å². The predicted molar refractivity (Wildman–Crippen MR) is 72.1 cm³/mol. The van der Waals surface area contributed by atoms with Crippen molar-refractivity contribution in [3.8, 4) is 0 Å². The van der Waals surface area contributed by atoms with E-state index in [-0.39, 0.29) is 5.69 Å². The van der Waals surface area contributed by atoms with E-state index in [0.717, 1.165) is 11.6 Å². The minimum Gasteiger partial charge on any atom is -0.378 e. The fraction of sp³-hybridized carbons (Fsp3) is 0.250. The summed E-state index contributed by atoms with van der Waals surface area (Å²) in [5.74, 6) is -2.44. The van der Waals surface area contributed by atoms with Gasteiger partial charge in [-0.05, 0) is 29.9 Å². The molecule has 0 unspecified atom stereocenters. The third-order valence-electron chi connectivity index (χ3n) is 3.53. The van der Waals surface area contributed by atoms with Gasteiger partial charge in [0, 0.05) is 18.7 Å². The van der Waals surface area contributed by atoms with Gasteiger partial charge in [-0.1, -0.05) is 24.3 Å². The van der Waals surface area contributed by atoms with Crippen molar-refractivity contribution >= 4 is 5.69 Å². The van der Waals surface area contributed by atoms with Crippen LogP contribution in [-0.4, -0.2) is 0 Å². The fourth-order valence-electron chi connectivity index (χ4n) is 2.36. The van der Waals surface area contributed by atoms with Gasteiger partial charge in [0.15, 0.2) is 11.6 Å². The zero-order valence-electron chi connectivity index (χ0n) is 10.8. The van der Waals surface area contributed by atoms with E-state index in [2.05, 4.69) is 11.4 Å². The van der Waals surface area contributed by atoms with E-state index in [1.165, 1.54) is 18.4 Å². The summed E-state index contributed by atoms with van der Waals surface area (Å²) in [5, 5.41) is 2.78. The van der Waals surface area contributed by atoms with Gasteiger partial charge in [-0.3, -0.25) is 0 Å². The van der Waals surface area contributed by atoms with Crippen LogP contribution in [-0.2, 0) is 6.54 Å². The first-order chi connectivity index (χ1) is 9.65. The van der Waals surface area contributed by atoms with Crippen LogP contribution in [0.1, 0.15) is 29.9 Å². The zero-order chi connectivity index (χ0) is 14.1. The van der Waals surface area contributed by atoms with Crippen molar-refractivity contribution in [2.24, 2.45) is 0 Å². The maximum Gasteiger partial charge on any atom is 0.182 e. The van der Waals surface area contributed by atoms with E-state index in [9.17, 15) is 13.2 Å². The normalized spacial score (nSPS) is 14.3. The Morgan fingerprint density at radius 1 is 1.05 bits per heavy atom. The molecule has 4 heteroatoms. The Kier molecular flexibility index (Phi) is 3.38. The molecule has 1 aliphatic carbocycles. The number of nitrogens with one attached hydrogen (secondary N) is 1. The predicted octanol–water partition coefficient (Wildman–Crippen LogP) is 4.59. The second kappa shape index (κ2) is 5.19. The highest BCUT2D eigenvalue weighted by Gasteiger charge is 2.25. The summed E-state index contributed by atoms with van der Waals surface area (Å²) in [6.07, 6.45) is 2.33. The van der Waals surface area contributed by atoms with Crippen LogP contribution in [0.3, 0.4) is 0 Å².